The van der Waals surface area contributed by atoms with Gasteiger partial charge in [0.15, 0.2) is 0 Å². The molecule has 0 atom stereocenters. The lowest BCUT2D eigenvalue weighted by molar-refractivity contribution is 0.554. The predicted molar refractivity (Wildman–Crippen MR) is 77.0 cm³/mol. The summed E-state index contributed by atoms with van der Waals surface area (Å²) in [5.41, 5.74) is 0.896. The van der Waals surface area contributed by atoms with Crippen LogP contribution < -0.4 is 5.56 Å². The SMILES string of the molecule is CCCc1nc(C2CCCCCC2)[nH]c(=O)c1Br. The lowest BCUT2D eigenvalue weighted by atomic mass is 9.99. The van der Waals surface area contributed by atoms with Crippen LogP contribution in [-0.2, 0) is 6.42 Å². The van der Waals surface area contributed by atoms with Crippen LogP contribution in [0.4, 0.5) is 0 Å². The molecule has 0 spiro atoms. The van der Waals surface area contributed by atoms with Gasteiger partial charge in [0.2, 0.25) is 0 Å². The quantitative estimate of drug-likeness (QED) is 0.860. The molecule has 0 amide bonds. The molecule has 100 valence electrons. The van der Waals surface area contributed by atoms with Crippen LogP contribution in [0, 0.1) is 0 Å². The van der Waals surface area contributed by atoms with Crippen molar-refractivity contribution in [3.8, 4) is 0 Å². The van der Waals surface area contributed by atoms with E-state index in [9.17, 15) is 4.79 Å². The van der Waals surface area contributed by atoms with Gasteiger partial charge in [-0.05, 0) is 35.2 Å². The molecule has 0 unspecified atom stereocenters. The Morgan fingerprint density at radius 3 is 2.56 bits per heavy atom. The molecule has 1 aliphatic rings. The summed E-state index contributed by atoms with van der Waals surface area (Å²) in [5.74, 6) is 1.36. The Labute approximate surface area is 117 Å². The maximum atomic E-state index is 11.9. The number of halogens is 1. The first kappa shape index (κ1) is 13.8. The molecule has 4 heteroatoms. The highest BCUT2D eigenvalue weighted by atomic mass is 79.9. The highest BCUT2D eigenvalue weighted by molar-refractivity contribution is 9.10. The van der Waals surface area contributed by atoms with Gasteiger partial charge in [0.05, 0.1) is 5.69 Å². The molecule has 1 saturated carbocycles. The summed E-state index contributed by atoms with van der Waals surface area (Å²) >= 11 is 3.35. The van der Waals surface area contributed by atoms with E-state index >= 15 is 0 Å². The average molecular weight is 313 g/mol. The number of aromatic amines is 1. The number of H-pyrrole nitrogens is 1. The Bertz CT molecular complexity index is 448. The molecule has 1 fully saturated rings. The molecule has 0 bridgehead atoms. The van der Waals surface area contributed by atoms with Gasteiger partial charge in [-0.3, -0.25) is 4.79 Å². The Morgan fingerprint density at radius 2 is 1.94 bits per heavy atom. The second-order valence-corrected chi connectivity index (χ2v) is 5.94. The number of nitrogens with zero attached hydrogens (tertiary/aromatic N) is 1. The normalized spacial score (nSPS) is 17.7. The van der Waals surface area contributed by atoms with Crippen molar-refractivity contribution in [2.75, 3.05) is 0 Å². The Kier molecular flexibility index (Phi) is 4.98. The first-order valence-electron chi connectivity index (χ1n) is 7.01. The fraction of sp³-hybridized carbons (Fsp3) is 0.714. The Hall–Kier alpha value is -0.640. The van der Waals surface area contributed by atoms with E-state index in [1.165, 1.54) is 25.7 Å². The monoisotopic (exact) mass is 312 g/mol. The van der Waals surface area contributed by atoms with Crippen LogP contribution in [0.25, 0.3) is 0 Å². The number of aryl methyl sites for hydroxylation is 1. The third-order valence-electron chi connectivity index (χ3n) is 3.68. The maximum absolute atomic E-state index is 11.9. The van der Waals surface area contributed by atoms with Gasteiger partial charge in [-0.25, -0.2) is 4.98 Å². The first-order valence-corrected chi connectivity index (χ1v) is 7.80. The third-order valence-corrected chi connectivity index (χ3v) is 4.50. The first-order chi connectivity index (χ1) is 8.72. The number of rotatable bonds is 3. The summed E-state index contributed by atoms with van der Waals surface area (Å²) in [5, 5.41) is 0. The van der Waals surface area contributed by atoms with Gasteiger partial charge in [-0.2, -0.15) is 0 Å². The van der Waals surface area contributed by atoms with Crippen molar-refractivity contribution in [3.05, 3.63) is 26.3 Å². The van der Waals surface area contributed by atoms with E-state index in [1.54, 1.807) is 0 Å². The van der Waals surface area contributed by atoms with Gasteiger partial charge >= 0.3 is 0 Å². The summed E-state index contributed by atoms with van der Waals surface area (Å²) in [6, 6.07) is 0. The van der Waals surface area contributed by atoms with Crippen LogP contribution in [0.15, 0.2) is 9.27 Å². The number of hydrogen-bond donors (Lipinski definition) is 1. The standard InChI is InChI=1S/C14H21BrN2O/c1-2-7-11-12(15)14(18)17-13(16-11)10-8-5-3-4-6-9-10/h10H,2-9H2,1H3,(H,16,17,18). The lowest BCUT2D eigenvalue weighted by Gasteiger charge is -2.14. The van der Waals surface area contributed by atoms with Crippen LogP contribution >= 0.6 is 15.9 Å². The molecular weight excluding hydrogens is 292 g/mol. The molecule has 0 aliphatic heterocycles. The van der Waals surface area contributed by atoms with Crippen LogP contribution in [-0.4, -0.2) is 9.97 Å². The van der Waals surface area contributed by atoms with Crippen LogP contribution in [0.3, 0.4) is 0 Å². The van der Waals surface area contributed by atoms with Gasteiger partial charge in [0, 0.05) is 5.92 Å². The van der Waals surface area contributed by atoms with Crippen molar-refractivity contribution in [2.45, 2.75) is 64.2 Å². The number of hydrogen-bond acceptors (Lipinski definition) is 2. The molecule has 0 aromatic carbocycles. The topological polar surface area (TPSA) is 45.8 Å². The fourth-order valence-corrected chi connectivity index (χ4v) is 3.06. The zero-order valence-electron chi connectivity index (χ0n) is 11.0. The van der Waals surface area contributed by atoms with Crippen molar-refractivity contribution in [2.24, 2.45) is 0 Å². The smallest absolute Gasteiger partial charge is 0.265 e. The van der Waals surface area contributed by atoms with E-state index in [1.807, 2.05) is 0 Å². The highest BCUT2D eigenvalue weighted by Gasteiger charge is 2.18. The summed E-state index contributed by atoms with van der Waals surface area (Å²) < 4.78 is 0.613. The second-order valence-electron chi connectivity index (χ2n) is 5.15. The van der Waals surface area contributed by atoms with Crippen molar-refractivity contribution in [3.63, 3.8) is 0 Å². The second kappa shape index (κ2) is 6.50. The van der Waals surface area contributed by atoms with Crippen molar-refractivity contribution in [1.29, 1.82) is 0 Å². The summed E-state index contributed by atoms with van der Waals surface area (Å²) in [7, 11) is 0. The van der Waals surface area contributed by atoms with Gasteiger partial charge in [0.25, 0.3) is 5.56 Å². The fourth-order valence-electron chi connectivity index (χ4n) is 2.67. The highest BCUT2D eigenvalue weighted by Crippen LogP contribution is 2.29. The molecular formula is C14H21BrN2O. The zero-order valence-corrected chi connectivity index (χ0v) is 12.6. The van der Waals surface area contributed by atoms with Gasteiger partial charge in [-0.1, -0.05) is 39.0 Å². The molecule has 18 heavy (non-hydrogen) atoms. The molecule has 1 aromatic rings. The molecule has 2 rings (SSSR count). The molecule has 1 aromatic heterocycles. The van der Waals surface area contributed by atoms with Gasteiger partial charge in [0.1, 0.15) is 10.3 Å². The average Bonchev–Trinajstić information content (AvgIpc) is 2.63. The molecule has 0 radical (unpaired) electrons. The molecule has 1 N–H and O–H groups in total. The van der Waals surface area contributed by atoms with E-state index in [0.717, 1.165) is 37.2 Å². The van der Waals surface area contributed by atoms with Crippen LogP contribution in [0.2, 0.25) is 0 Å². The zero-order chi connectivity index (χ0) is 13.0. The van der Waals surface area contributed by atoms with E-state index in [4.69, 9.17) is 0 Å². The summed E-state index contributed by atoms with van der Waals surface area (Å²) in [6.45, 7) is 2.11. The molecule has 1 heterocycles. The maximum Gasteiger partial charge on any atom is 0.265 e. The van der Waals surface area contributed by atoms with Crippen molar-refractivity contribution < 1.29 is 0 Å². The van der Waals surface area contributed by atoms with Crippen LogP contribution in [0.1, 0.15) is 69.3 Å². The third kappa shape index (κ3) is 3.22. The van der Waals surface area contributed by atoms with Crippen molar-refractivity contribution >= 4 is 15.9 Å². The van der Waals surface area contributed by atoms with E-state index in [2.05, 4.69) is 32.8 Å². The minimum Gasteiger partial charge on any atom is -0.309 e. The minimum atomic E-state index is -0.0207. The predicted octanol–water partition coefficient (Wildman–Crippen LogP) is 3.92. The summed E-state index contributed by atoms with van der Waals surface area (Å²) in [4.78, 5) is 19.6. The molecule has 1 aliphatic carbocycles. The summed E-state index contributed by atoms with van der Waals surface area (Å²) in [6.07, 6.45) is 9.36. The van der Waals surface area contributed by atoms with E-state index in [-0.39, 0.29) is 5.56 Å². The van der Waals surface area contributed by atoms with E-state index in [0.29, 0.717) is 10.4 Å². The number of aromatic nitrogens is 2. The van der Waals surface area contributed by atoms with Crippen LogP contribution in [0.5, 0.6) is 0 Å². The minimum absolute atomic E-state index is 0.0207. The Balaban J connectivity index is 2.29. The van der Waals surface area contributed by atoms with Gasteiger partial charge < -0.3 is 4.98 Å². The number of nitrogens with one attached hydrogen (secondary N) is 1. The Morgan fingerprint density at radius 1 is 1.28 bits per heavy atom. The molecule has 3 nitrogen and oxygen atoms in total. The van der Waals surface area contributed by atoms with Crippen molar-refractivity contribution in [1.82, 2.24) is 9.97 Å². The largest absolute Gasteiger partial charge is 0.309 e. The van der Waals surface area contributed by atoms with Gasteiger partial charge in [-0.15, -0.1) is 0 Å². The molecule has 0 saturated heterocycles. The van der Waals surface area contributed by atoms with E-state index < -0.39 is 0 Å². The lowest BCUT2D eigenvalue weighted by Crippen LogP contribution is -2.18.